The molecule has 4 rings (SSSR count). The molecule has 8 nitrogen and oxygen atoms in total. The molecule has 2 aliphatic heterocycles. The van der Waals surface area contributed by atoms with Gasteiger partial charge in [0, 0.05) is 63.2 Å². The maximum Gasteiger partial charge on any atom is 0.251 e. The molecule has 2 aromatic heterocycles. The van der Waals surface area contributed by atoms with Crippen LogP contribution in [-0.4, -0.2) is 53.8 Å². The van der Waals surface area contributed by atoms with Crippen molar-refractivity contribution in [2.75, 3.05) is 38.3 Å². The number of hydrogen-bond acceptors (Lipinski definition) is 6. The first kappa shape index (κ1) is 18.6. The van der Waals surface area contributed by atoms with Crippen LogP contribution in [0.15, 0.2) is 41.6 Å². The summed E-state index contributed by atoms with van der Waals surface area (Å²) in [4.78, 5) is 35.6. The number of methoxy groups -OCH3 is 1. The van der Waals surface area contributed by atoms with Crippen LogP contribution in [0.2, 0.25) is 0 Å². The second kappa shape index (κ2) is 8.10. The summed E-state index contributed by atoms with van der Waals surface area (Å²) in [7, 11) is 1.58. The average Bonchev–Trinajstić information content (AvgIpc) is 2.73. The zero-order valence-electron chi connectivity index (χ0n) is 16.0. The number of nitrogens with one attached hydrogen (secondary N) is 1. The SMILES string of the molecule is COCCC(=O)NC[C@H]1[C@H]2C[C@H](CN(c3cnccn3)C2)c2cccc(=O)n21. The van der Waals surface area contributed by atoms with Crippen molar-refractivity contribution in [3.63, 3.8) is 0 Å². The van der Waals surface area contributed by atoms with Gasteiger partial charge < -0.3 is 19.5 Å². The molecule has 4 heterocycles. The maximum atomic E-state index is 12.7. The number of carbonyl (C=O) groups excluding carboxylic acids is 1. The number of aromatic nitrogens is 3. The average molecular weight is 383 g/mol. The zero-order valence-corrected chi connectivity index (χ0v) is 16.0. The fourth-order valence-corrected chi connectivity index (χ4v) is 4.45. The van der Waals surface area contributed by atoms with Gasteiger partial charge in [0.2, 0.25) is 5.91 Å². The van der Waals surface area contributed by atoms with Crippen molar-refractivity contribution in [1.29, 1.82) is 0 Å². The van der Waals surface area contributed by atoms with Crippen LogP contribution in [-0.2, 0) is 9.53 Å². The van der Waals surface area contributed by atoms with Gasteiger partial charge in [0.1, 0.15) is 5.82 Å². The van der Waals surface area contributed by atoms with Gasteiger partial charge in [-0.3, -0.25) is 14.6 Å². The number of ether oxygens (including phenoxy) is 1. The van der Waals surface area contributed by atoms with Gasteiger partial charge in [0.05, 0.1) is 18.8 Å². The Morgan fingerprint density at radius 2 is 2.21 bits per heavy atom. The van der Waals surface area contributed by atoms with E-state index in [1.165, 1.54) is 0 Å². The van der Waals surface area contributed by atoms with Gasteiger partial charge in [-0.1, -0.05) is 6.07 Å². The highest BCUT2D eigenvalue weighted by Crippen LogP contribution is 2.41. The molecule has 2 bridgehead atoms. The van der Waals surface area contributed by atoms with E-state index in [4.69, 9.17) is 4.74 Å². The van der Waals surface area contributed by atoms with Gasteiger partial charge in [-0.15, -0.1) is 0 Å². The third kappa shape index (κ3) is 3.64. The molecule has 2 aromatic rings. The third-order valence-electron chi connectivity index (χ3n) is 5.71. The van der Waals surface area contributed by atoms with E-state index in [1.807, 2.05) is 16.7 Å². The first-order chi connectivity index (χ1) is 13.7. The second-order valence-electron chi connectivity index (χ2n) is 7.43. The van der Waals surface area contributed by atoms with Crippen LogP contribution < -0.4 is 15.8 Å². The number of anilines is 1. The molecule has 2 aliphatic rings. The number of carbonyl (C=O) groups is 1. The summed E-state index contributed by atoms with van der Waals surface area (Å²) < 4.78 is 6.86. The van der Waals surface area contributed by atoms with Gasteiger partial charge in [-0.2, -0.15) is 0 Å². The molecule has 3 atom stereocenters. The standard InChI is InChI=1S/C20H25N5O3/c1-28-8-5-19(26)23-10-17-15-9-14(16-3-2-4-20(27)25(16)17)12-24(13-15)18-11-21-6-7-22-18/h2-4,6-7,11,14-15,17H,5,8-10,12-13H2,1H3,(H,23,26)/t14-,15+,17+/m1/s1. The van der Waals surface area contributed by atoms with Crippen LogP contribution in [0.3, 0.4) is 0 Å². The van der Waals surface area contributed by atoms with Crippen LogP contribution in [0, 0.1) is 5.92 Å². The lowest BCUT2D eigenvalue weighted by atomic mass is 9.78. The first-order valence-corrected chi connectivity index (χ1v) is 9.65. The summed E-state index contributed by atoms with van der Waals surface area (Å²) in [6, 6.07) is 5.38. The van der Waals surface area contributed by atoms with Crippen molar-refractivity contribution < 1.29 is 9.53 Å². The van der Waals surface area contributed by atoms with Crippen molar-refractivity contribution in [3.05, 3.63) is 52.8 Å². The second-order valence-corrected chi connectivity index (χ2v) is 7.43. The highest BCUT2D eigenvalue weighted by molar-refractivity contribution is 5.75. The Kier molecular flexibility index (Phi) is 5.38. The Labute approximate surface area is 163 Å². The molecule has 1 amide bonds. The Balaban J connectivity index is 1.61. The number of pyridine rings is 1. The highest BCUT2D eigenvalue weighted by Gasteiger charge is 2.40. The highest BCUT2D eigenvalue weighted by atomic mass is 16.5. The fraction of sp³-hybridized carbons (Fsp3) is 0.500. The molecule has 28 heavy (non-hydrogen) atoms. The minimum Gasteiger partial charge on any atom is -0.384 e. The predicted octanol–water partition coefficient (Wildman–Crippen LogP) is 0.956. The first-order valence-electron chi connectivity index (χ1n) is 9.65. The maximum absolute atomic E-state index is 12.7. The van der Waals surface area contributed by atoms with Crippen molar-refractivity contribution in [1.82, 2.24) is 19.9 Å². The molecule has 1 fully saturated rings. The van der Waals surface area contributed by atoms with Gasteiger partial charge >= 0.3 is 0 Å². The quantitative estimate of drug-likeness (QED) is 0.799. The van der Waals surface area contributed by atoms with Crippen molar-refractivity contribution >= 4 is 11.7 Å². The fourth-order valence-electron chi connectivity index (χ4n) is 4.45. The zero-order chi connectivity index (χ0) is 19.5. The van der Waals surface area contributed by atoms with Gasteiger partial charge in [-0.25, -0.2) is 4.98 Å². The molecule has 0 saturated carbocycles. The summed E-state index contributed by atoms with van der Waals surface area (Å²) >= 11 is 0. The van der Waals surface area contributed by atoms with Crippen molar-refractivity contribution in [3.8, 4) is 0 Å². The topological polar surface area (TPSA) is 89.3 Å². The monoisotopic (exact) mass is 383 g/mol. The molecule has 148 valence electrons. The van der Waals surface area contributed by atoms with Gasteiger partial charge in [0.15, 0.2) is 0 Å². The molecular formula is C20H25N5O3. The Bertz CT molecular complexity index is 885. The van der Waals surface area contributed by atoms with E-state index in [1.54, 1.807) is 31.8 Å². The van der Waals surface area contributed by atoms with Crippen molar-refractivity contribution in [2.24, 2.45) is 5.92 Å². The Morgan fingerprint density at radius 3 is 3.00 bits per heavy atom. The van der Waals surface area contributed by atoms with Crippen LogP contribution >= 0.6 is 0 Å². The summed E-state index contributed by atoms with van der Waals surface area (Å²) in [5, 5.41) is 2.99. The molecule has 0 aliphatic carbocycles. The number of rotatable bonds is 6. The summed E-state index contributed by atoms with van der Waals surface area (Å²) in [5.74, 6) is 1.30. The summed E-state index contributed by atoms with van der Waals surface area (Å²) in [6.07, 6.45) is 6.46. The van der Waals surface area contributed by atoms with Crippen LogP contribution in [0.4, 0.5) is 5.82 Å². The minimum atomic E-state index is -0.0779. The van der Waals surface area contributed by atoms with E-state index < -0.39 is 0 Å². The van der Waals surface area contributed by atoms with E-state index in [9.17, 15) is 9.59 Å². The summed E-state index contributed by atoms with van der Waals surface area (Å²) in [5.41, 5.74) is 1.03. The number of amides is 1. The Morgan fingerprint density at radius 1 is 1.32 bits per heavy atom. The lowest BCUT2D eigenvalue weighted by Crippen LogP contribution is -2.52. The molecule has 0 radical (unpaired) electrons. The van der Waals surface area contributed by atoms with Gasteiger partial charge in [0.25, 0.3) is 5.56 Å². The van der Waals surface area contributed by atoms with E-state index >= 15 is 0 Å². The molecule has 0 aromatic carbocycles. The predicted molar refractivity (Wildman–Crippen MR) is 104 cm³/mol. The molecule has 8 heteroatoms. The molecule has 0 unspecified atom stereocenters. The lowest BCUT2D eigenvalue weighted by molar-refractivity contribution is -0.122. The lowest BCUT2D eigenvalue weighted by Gasteiger charge is -2.47. The third-order valence-corrected chi connectivity index (χ3v) is 5.71. The van der Waals surface area contributed by atoms with Gasteiger partial charge in [-0.05, 0) is 18.4 Å². The van der Waals surface area contributed by atoms with E-state index in [0.29, 0.717) is 19.6 Å². The normalized spacial score (nSPS) is 23.2. The molecule has 1 saturated heterocycles. The Hall–Kier alpha value is -2.74. The molecular weight excluding hydrogens is 358 g/mol. The molecule has 1 N–H and O–H groups in total. The van der Waals surface area contributed by atoms with Crippen LogP contribution in [0.25, 0.3) is 0 Å². The summed E-state index contributed by atoms with van der Waals surface area (Å²) in [6.45, 7) is 2.42. The van der Waals surface area contributed by atoms with Crippen molar-refractivity contribution in [2.45, 2.75) is 24.8 Å². The number of piperidine rings is 1. The minimum absolute atomic E-state index is 0.00343. The number of hydrogen-bond donors (Lipinski definition) is 1. The van der Waals surface area contributed by atoms with E-state index in [0.717, 1.165) is 31.0 Å². The van der Waals surface area contributed by atoms with E-state index in [-0.39, 0.29) is 29.3 Å². The van der Waals surface area contributed by atoms with Crippen LogP contribution in [0.1, 0.15) is 30.5 Å². The van der Waals surface area contributed by atoms with E-state index in [2.05, 4.69) is 20.2 Å². The largest absolute Gasteiger partial charge is 0.384 e. The smallest absolute Gasteiger partial charge is 0.251 e. The number of fused-ring (bicyclic) bond motifs is 4. The van der Waals surface area contributed by atoms with Crippen LogP contribution in [0.5, 0.6) is 0 Å². The molecule has 0 spiro atoms. The number of nitrogens with zero attached hydrogens (tertiary/aromatic N) is 4.